The highest BCUT2D eigenvalue weighted by Gasteiger charge is 2.08. The fraction of sp³-hybridized carbons (Fsp3) is 0.222. The Hall–Kier alpha value is -3.00. The van der Waals surface area contributed by atoms with E-state index in [9.17, 15) is 4.79 Å². The highest BCUT2D eigenvalue weighted by Crippen LogP contribution is 2.03. The molecule has 5 heteroatoms. The average Bonchev–Trinajstić information content (AvgIpc) is 3.08. The highest BCUT2D eigenvalue weighted by molar-refractivity contribution is 5.97. The third-order valence-electron chi connectivity index (χ3n) is 3.29. The van der Waals surface area contributed by atoms with Crippen LogP contribution >= 0.6 is 0 Å². The zero-order chi connectivity index (χ0) is 16.5. The van der Waals surface area contributed by atoms with E-state index in [2.05, 4.69) is 34.9 Å². The molecule has 5 nitrogen and oxygen atoms in total. The van der Waals surface area contributed by atoms with Crippen LogP contribution < -0.4 is 10.6 Å². The highest BCUT2D eigenvalue weighted by atomic mass is 16.3. The lowest BCUT2D eigenvalue weighted by Crippen LogP contribution is -2.25. The lowest BCUT2D eigenvalue weighted by molar-refractivity contribution is -0.117. The largest absolute Gasteiger partial charge is 0.467 e. The van der Waals surface area contributed by atoms with Gasteiger partial charge in [-0.05, 0) is 31.0 Å². The standard InChI is InChI=1S/C18H19N3O2/c1-14-4-6-15(7-5-14)8-9-20-12-16(11-19)18(22)21-13-17-3-2-10-23-17/h2-7,10,12,20H,8-9,13H2,1H3,(H,21,22)/b16-12-. The van der Waals surface area contributed by atoms with E-state index >= 15 is 0 Å². The van der Waals surface area contributed by atoms with E-state index in [4.69, 9.17) is 9.68 Å². The molecule has 23 heavy (non-hydrogen) atoms. The van der Waals surface area contributed by atoms with Crippen molar-refractivity contribution in [2.45, 2.75) is 19.9 Å². The van der Waals surface area contributed by atoms with Crippen LogP contribution in [0.3, 0.4) is 0 Å². The van der Waals surface area contributed by atoms with Crippen molar-refractivity contribution in [1.82, 2.24) is 10.6 Å². The lowest BCUT2D eigenvalue weighted by Gasteiger charge is -2.04. The van der Waals surface area contributed by atoms with Crippen molar-refractivity contribution in [3.8, 4) is 6.07 Å². The zero-order valence-electron chi connectivity index (χ0n) is 13.0. The third-order valence-corrected chi connectivity index (χ3v) is 3.29. The number of aryl methyl sites for hydroxylation is 1. The van der Waals surface area contributed by atoms with Crippen molar-refractivity contribution in [3.05, 3.63) is 71.3 Å². The van der Waals surface area contributed by atoms with Gasteiger partial charge >= 0.3 is 0 Å². The van der Waals surface area contributed by atoms with Gasteiger partial charge in [-0.2, -0.15) is 5.26 Å². The molecule has 0 fully saturated rings. The van der Waals surface area contributed by atoms with Crippen LogP contribution in [0.25, 0.3) is 0 Å². The number of nitriles is 1. The van der Waals surface area contributed by atoms with E-state index in [-0.39, 0.29) is 12.1 Å². The maximum absolute atomic E-state index is 11.9. The van der Waals surface area contributed by atoms with Gasteiger partial charge in [0.2, 0.25) is 0 Å². The Morgan fingerprint density at radius 2 is 2.09 bits per heavy atom. The minimum absolute atomic E-state index is 0.0421. The molecule has 2 aromatic rings. The first-order valence-corrected chi connectivity index (χ1v) is 7.39. The molecule has 0 bridgehead atoms. The fourth-order valence-corrected chi connectivity index (χ4v) is 1.97. The fourth-order valence-electron chi connectivity index (χ4n) is 1.97. The summed E-state index contributed by atoms with van der Waals surface area (Å²) < 4.78 is 5.12. The monoisotopic (exact) mass is 309 g/mol. The Labute approximate surface area is 135 Å². The van der Waals surface area contributed by atoms with Crippen LogP contribution in [-0.2, 0) is 17.8 Å². The summed E-state index contributed by atoms with van der Waals surface area (Å²) in [6.45, 7) is 2.96. The summed E-state index contributed by atoms with van der Waals surface area (Å²) in [7, 11) is 0. The van der Waals surface area contributed by atoms with Crippen LogP contribution in [0.2, 0.25) is 0 Å². The summed E-state index contributed by atoms with van der Waals surface area (Å²) in [5, 5.41) is 14.7. The van der Waals surface area contributed by atoms with Crippen molar-refractivity contribution < 1.29 is 9.21 Å². The second-order valence-electron chi connectivity index (χ2n) is 5.12. The Morgan fingerprint density at radius 1 is 1.30 bits per heavy atom. The Kier molecular flexibility index (Phi) is 6.01. The molecule has 0 atom stereocenters. The molecule has 0 saturated carbocycles. The van der Waals surface area contributed by atoms with E-state index in [0.717, 1.165) is 6.42 Å². The molecule has 0 aliphatic heterocycles. The topological polar surface area (TPSA) is 78.1 Å². The molecular weight excluding hydrogens is 290 g/mol. The number of hydrogen-bond donors (Lipinski definition) is 2. The summed E-state index contributed by atoms with van der Waals surface area (Å²) in [5.74, 6) is 0.217. The van der Waals surface area contributed by atoms with Gasteiger partial charge in [0.15, 0.2) is 0 Å². The number of nitrogens with one attached hydrogen (secondary N) is 2. The van der Waals surface area contributed by atoms with Gasteiger partial charge in [0.25, 0.3) is 5.91 Å². The Balaban J connectivity index is 1.78. The molecule has 1 heterocycles. The van der Waals surface area contributed by atoms with Crippen LogP contribution in [0.5, 0.6) is 0 Å². The third kappa shape index (κ3) is 5.36. The van der Waals surface area contributed by atoms with Crippen molar-refractivity contribution in [1.29, 1.82) is 5.26 Å². The SMILES string of the molecule is Cc1ccc(CCN/C=C(/C#N)C(=O)NCc2ccco2)cc1. The summed E-state index contributed by atoms with van der Waals surface area (Å²) in [6, 6.07) is 13.7. The molecule has 0 aliphatic rings. The molecule has 0 radical (unpaired) electrons. The normalized spacial score (nSPS) is 10.9. The molecule has 1 aromatic heterocycles. The molecular formula is C18H19N3O2. The first kappa shape index (κ1) is 16.4. The molecule has 0 unspecified atom stereocenters. The summed E-state index contributed by atoms with van der Waals surface area (Å²) in [4.78, 5) is 11.9. The molecule has 1 aromatic carbocycles. The molecule has 0 saturated heterocycles. The lowest BCUT2D eigenvalue weighted by atomic mass is 10.1. The van der Waals surface area contributed by atoms with Crippen LogP contribution in [-0.4, -0.2) is 12.5 Å². The predicted molar refractivity (Wildman–Crippen MR) is 87.1 cm³/mol. The van der Waals surface area contributed by atoms with E-state index in [1.165, 1.54) is 23.6 Å². The summed E-state index contributed by atoms with van der Waals surface area (Å²) in [5.41, 5.74) is 2.47. The molecule has 2 N–H and O–H groups in total. The van der Waals surface area contributed by atoms with Gasteiger partial charge in [-0.25, -0.2) is 0 Å². The first-order valence-electron chi connectivity index (χ1n) is 7.39. The van der Waals surface area contributed by atoms with E-state index in [1.54, 1.807) is 12.1 Å². The maximum atomic E-state index is 11.9. The second kappa shape index (κ2) is 8.44. The van der Waals surface area contributed by atoms with Crippen molar-refractivity contribution >= 4 is 5.91 Å². The van der Waals surface area contributed by atoms with Crippen LogP contribution in [0.15, 0.2) is 58.9 Å². The average molecular weight is 309 g/mol. The van der Waals surface area contributed by atoms with Gasteiger partial charge < -0.3 is 15.1 Å². The van der Waals surface area contributed by atoms with E-state index in [1.807, 2.05) is 13.0 Å². The van der Waals surface area contributed by atoms with Gasteiger partial charge in [0, 0.05) is 12.7 Å². The minimum atomic E-state index is -0.424. The molecule has 1 amide bonds. The Morgan fingerprint density at radius 3 is 2.74 bits per heavy atom. The first-order chi connectivity index (χ1) is 11.2. The maximum Gasteiger partial charge on any atom is 0.263 e. The number of benzene rings is 1. The number of rotatable bonds is 7. The predicted octanol–water partition coefficient (Wildman–Crippen LogP) is 2.44. The van der Waals surface area contributed by atoms with Crippen LogP contribution in [0.4, 0.5) is 0 Å². The zero-order valence-corrected chi connectivity index (χ0v) is 13.0. The minimum Gasteiger partial charge on any atom is -0.467 e. The van der Waals surface area contributed by atoms with Crippen molar-refractivity contribution in [3.63, 3.8) is 0 Å². The van der Waals surface area contributed by atoms with Gasteiger partial charge in [-0.1, -0.05) is 29.8 Å². The van der Waals surface area contributed by atoms with Gasteiger partial charge in [0.05, 0.1) is 12.8 Å². The number of hydrogen-bond acceptors (Lipinski definition) is 4. The summed E-state index contributed by atoms with van der Waals surface area (Å²) in [6.07, 6.45) is 3.81. The van der Waals surface area contributed by atoms with E-state index < -0.39 is 5.91 Å². The number of furan rings is 1. The summed E-state index contributed by atoms with van der Waals surface area (Å²) >= 11 is 0. The smallest absolute Gasteiger partial charge is 0.263 e. The van der Waals surface area contributed by atoms with Gasteiger partial charge in [-0.15, -0.1) is 0 Å². The van der Waals surface area contributed by atoms with Gasteiger partial charge in [-0.3, -0.25) is 4.79 Å². The van der Waals surface area contributed by atoms with Crippen LogP contribution in [0.1, 0.15) is 16.9 Å². The second-order valence-corrected chi connectivity index (χ2v) is 5.12. The van der Waals surface area contributed by atoms with Crippen molar-refractivity contribution in [2.24, 2.45) is 0 Å². The number of carbonyl (C=O) groups excluding carboxylic acids is 1. The molecule has 0 spiro atoms. The quantitative estimate of drug-likeness (QED) is 0.468. The molecule has 118 valence electrons. The number of amides is 1. The Bertz CT molecular complexity index is 695. The molecule has 0 aliphatic carbocycles. The number of carbonyl (C=O) groups is 1. The van der Waals surface area contributed by atoms with Crippen LogP contribution in [0, 0.1) is 18.3 Å². The van der Waals surface area contributed by atoms with E-state index in [0.29, 0.717) is 12.3 Å². The molecule has 2 rings (SSSR count). The van der Waals surface area contributed by atoms with Crippen molar-refractivity contribution in [2.75, 3.05) is 6.54 Å². The number of nitrogens with zero attached hydrogens (tertiary/aromatic N) is 1. The van der Waals surface area contributed by atoms with Gasteiger partial charge in [0.1, 0.15) is 17.4 Å².